The van der Waals surface area contributed by atoms with Crippen molar-refractivity contribution in [3.05, 3.63) is 34.1 Å². The topological polar surface area (TPSA) is 270 Å². The summed E-state index contributed by atoms with van der Waals surface area (Å²) in [7, 11) is 0. The van der Waals surface area contributed by atoms with Crippen molar-refractivity contribution >= 4 is 81.0 Å². The molecule has 47 heavy (non-hydrogen) atoms. The van der Waals surface area contributed by atoms with Crippen molar-refractivity contribution in [1.82, 2.24) is 35.2 Å². The lowest BCUT2D eigenvalue weighted by atomic mass is 9.89. The Morgan fingerprint density at radius 2 is 1.98 bits per heavy atom. The number of hydrazine groups is 1. The van der Waals surface area contributed by atoms with Crippen molar-refractivity contribution < 1.29 is 39.0 Å². The Kier molecular flexibility index (Phi) is 9.10. The van der Waals surface area contributed by atoms with Crippen molar-refractivity contribution in [2.75, 3.05) is 23.8 Å². The summed E-state index contributed by atoms with van der Waals surface area (Å²) in [6.45, 7) is 6.14. The molecule has 0 aromatic carbocycles. The van der Waals surface area contributed by atoms with Crippen LogP contribution in [0.25, 0.3) is 5.65 Å². The molecule has 2 aliphatic heterocycles. The van der Waals surface area contributed by atoms with Crippen LogP contribution in [0.15, 0.2) is 21.8 Å². The highest BCUT2D eigenvalue weighted by Crippen LogP contribution is 2.45. The third kappa shape index (κ3) is 6.17. The molecule has 2 fully saturated rings. The molecule has 3 aromatic heterocycles. The summed E-state index contributed by atoms with van der Waals surface area (Å²) < 4.78 is 1.38. The summed E-state index contributed by atoms with van der Waals surface area (Å²) in [5.74, 6) is 1.01. The molecule has 3 aromatic rings. The molecule has 0 bridgehead atoms. The second kappa shape index (κ2) is 12.6. The van der Waals surface area contributed by atoms with Crippen molar-refractivity contribution in [2.45, 2.75) is 49.7 Å². The molecule has 18 nitrogen and oxygen atoms in total. The zero-order valence-electron chi connectivity index (χ0n) is 25.3. The van der Waals surface area contributed by atoms with Crippen molar-refractivity contribution in [1.29, 1.82) is 0 Å². The number of thioether (sulfide) groups is 2. The number of carbonyl (C=O) groups is 5. The Hall–Kier alpha value is -4.47. The fraction of sp³-hybridized carbons (Fsp3) is 0.423. The van der Waals surface area contributed by atoms with Crippen LogP contribution in [0.1, 0.15) is 41.2 Å². The lowest BCUT2D eigenvalue weighted by molar-refractivity contribution is -0.157. The molecule has 8 N–H and O–H groups in total. The van der Waals surface area contributed by atoms with Crippen molar-refractivity contribution in [3.63, 3.8) is 0 Å². The maximum absolute atomic E-state index is 13.4. The Morgan fingerprint density at radius 3 is 2.60 bits per heavy atom. The minimum absolute atomic E-state index is 0.0378. The van der Waals surface area contributed by atoms with Crippen molar-refractivity contribution in [3.8, 4) is 0 Å². The summed E-state index contributed by atoms with van der Waals surface area (Å²) >= 11 is 3.43. The number of nitrogen functional groups attached to an aromatic ring is 1. The molecule has 5 heterocycles. The Morgan fingerprint density at radius 1 is 1.26 bits per heavy atom. The van der Waals surface area contributed by atoms with Gasteiger partial charge in [0.2, 0.25) is 11.5 Å². The molecule has 250 valence electrons. The van der Waals surface area contributed by atoms with Gasteiger partial charge in [0.25, 0.3) is 11.8 Å². The molecule has 2 saturated heterocycles. The highest BCUT2D eigenvalue weighted by Gasteiger charge is 2.57. The second-order valence-corrected chi connectivity index (χ2v) is 14.3. The summed E-state index contributed by atoms with van der Waals surface area (Å²) in [5, 5.41) is 32.1. The number of aliphatic carboxylic acids is 1. The van der Waals surface area contributed by atoms with Gasteiger partial charge in [-0.15, -0.1) is 34.9 Å². The summed E-state index contributed by atoms with van der Waals surface area (Å²) in [6.07, 6.45) is 1.19. The summed E-state index contributed by atoms with van der Waals surface area (Å²) in [4.78, 5) is 78.2. The van der Waals surface area contributed by atoms with E-state index in [1.165, 1.54) is 58.4 Å². The van der Waals surface area contributed by atoms with E-state index in [-0.39, 0.29) is 45.8 Å². The van der Waals surface area contributed by atoms with Crippen LogP contribution in [0.2, 0.25) is 0 Å². The number of carboxylic acids is 2. The summed E-state index contributed by atoms with van der Waals surface area (Å²) in [5.41, 5.74) is 5.82. The molecular weight excluding hydrogens is 677 g/mol. The number of fused-ring (bicyclic) bond motifs is 2. The lowest BCUT2D eigenvalue weighted by Gasteiger charge is -2.53. The van der Waals surface area contributed by atoms with E-state index in [9.17, 15) is 34.2 Å². The van der Waals surface area contributed by atoms with Crippen LogP contribution in [0.5, 0.6) is 0 Å². The first-order valence-electron chi connectivity index (χ1n) is 13.8. The number of carboxylic acid groups (broad SMARTS) is 2. The van der Waals surface area contributed by atoms with Gasteiger partial charge in [-0.3, -0.25) is 24.6 Å². The van der Waals surface area contributed by atoms with Gasteiger partial charge < -0.3 is 31.0 Å². The molecule has 21 heteroatoms. The van der Waals surface area contributed by atoms with E-state index in [0.717, 1.165) is 11.3 Å². The van der Waals surface area contributed by atoms with E-state index in [1.54, 1.807) is 13.8 Å². The van der Waals surface area contributed by atoms with Gasteiger partial charge in [0, 0.05) is 34.7 Å². The predicted octanol–water partition coefficient (Wildman–Crippen LogP) is -0.165. The number of oxime groups is 1. The normalized spacial score (nSPS) is 21.2. The van der Waals surface area contributed by atoms with Crippen molar-refractivity contribution in [2.24, 2.45) is 16.4 Å². The van der Waals surface area contributed by atoms with Crippen LogP contribution >= 0.6 is 34.9 Å². The number of nitrogens with zero attached hydrogens (tertiary/aromatic N) is 6. The van der Waals surface area contributed by atoms with E-state index < -0.39 is 52.1 Å². The number of nitrogens with two attached hydrogens (primary N) is 2. The number of aryl methyl sites for hydroxylation is 1. The molecule has 2 aliphatic rings. The minimum atomic E-state index is -1.56. The number of hydrogen-bond acceptors (Lipinski definition) is 15. The van der Waals surface area contributed by atoms with Crippen LogP contribution in [-0.4, -0.2) is 105 Å². The van der Waals surface area contributed by atoms with Gasteiger partial charge in [0.1, 0.15) is 33.1 Å². The zero-order chi connectivity index (χ0) is 34.4. The van der Waals surface area contributed by atoms with Crippen LogP contribution in [0.3, 0.4) is 0 Å². The first kappa shape index (κ1) is 33.9. The SMILES string of the molecule is Cc1nc2c(C(=O)O)cnn2c(SCC2(C(=O)O)CS[C@@H]3C(NC(=O)C(=NOC(C)(C)C(=O)NN)c4csc(N)n4)C(=O)N3C2)c1C. The predicted molar refractivity (Wildman–Crippen MR) is 171 cm³/mol. The molecule has 0 spiro atoms. The molecule has 0 aliphatic carbocycles. The number of carbonyl (C=O) groups excluding carboxylic acids is 3. The number of thiazole rings is 1. The Labute approximate surface area is 278 Å². The summed E-state index contributed by atoms with van der Waals surface area (Å²) in [6, 6.07) is -1.00. The van der Waals surface area contributed by atoms with E-state index in [0.29, 0.717) is 16.3 Å². The van der Waals surface area contributed by atoms with Gasteiger partial charge in [0.05, 0.1) is 6.20 Å². The standard InChI is InChI=1S/C26H30N10O8S3/c1-10-11(2)30-16-12(21(39)40)5-29-36(16)19(10)46-8-26(23(42)43)7-35-18(38)15(20(35)47-9-26)32-17(37)14(13-6-45-24(27)31-13)34-44-25(3,4)22(41)33-28/h5-6,15,20H,7-9,28H2,1-4H3,(H2,27,31)(H,32,37)(H,33,41)(H,39,40)(H,42,43)/t15?,20-,26?/m1/s1. The lowest BCUT2D eigenvalue weighted by Crippen LogP contribution is -2.74. The van der Waals surface area contributed by atoms with Crippen LogP contribution in [0.4, 0.5) is 5.13 Å². The van der Waals surface area contributed by atoms with Gasteiger partial charge in [-0.1, -0.05) is 5.16 Å². The molecule has 0 saturated carbocycles. The van der Waals surface area contributed by atoms with Gasteiger partial charge >= 0.3 is 11.9 Å². The quantitative estimate of drug-likeness (QED) is 0.0287. The molecular formula is C26H30N10O8S3. The van der Waals surface area contributed by atoms with E-state index in [2.05, 4.69) is 25.5 Å². The smallest absolute Gasteiger partial charge is 0.341 e. The van der Waals surface area contributed by atoms with E-state index in [1.807, 2.05) is 5.43 Å². The average molecular weight is 707 g/mol. The van der Waals surface area contributed by atoms with Gasteiger partial charge in [-0.2, -0.15) is 5.10 Å². The molecule has 2 unspecified atom stereocenters. The fourth-order valence-corrected chi connectivity index (χ4v) is 8.34. The molecule has 3 atom stereocenters. The monoisotopic (exact) mass is 706 g/mol. The van der Waals surface area contributed by atoms with Crippen LogP contribution in [-0.2, 0) is 24.0 Å². The van der Waals surface area contributed by atoms with Crippen LogP contribution < -0.4 is 22.3 Å². The number of nitrogens with one attached hydrogen (secondary N) is 2. The number of rotatable bonds is 11. The van der Waals surface area contributed by atoms with Gasteiger partial charge in [-0.05, 0) is 27.7 Å². The third-order valence-electron chi connectivity index (χ3n) is 7.70. The minimum Gasteiger partial charge on any atom is -0.481 e. The van der Waals surface area contributed by atoms with E-state index in [4.69, 9.17) is 16.4 Å². The number of anilines is 1. The maximum atomic E-state index is 13.4. The second-order valence-electron chi connectivity index (χ2n) is 11.3. The Balaban J connectivity index is 1.32. The number of amides is 3. The highest BCUT2D eigenvalue weighted by molar-refractivity contribution is 8.00. The van der Waals surface area contributed by atoms with Gasteiger partial charge in [0.15, 0.2) is 16.5 Å². The highest BCUT2D eigenvalue weighted by atomic mass is 32.2. The van der Waals surface area contributed by atoms with Gasteiger partial charge in [-0.25, -0.2) is 25.1 Å². The largest absolute Gasteiger partial charge is 0.481 e. The molecule has 0 radical (unpaired) electrons. The van der Waals surface area contributed by atoms with Crippen LogP contribution in [0, 0.1) is 19.3 Å². The Bertz CT molecular complexity index is 1840. The number of β-lactam (4-membered cyclic amide) rings is 1. The zero-order valence-corrected chi connectivity index (χ0v) is 27.8. The third-order valence-corrected chi connectivity index (χ3v) is 11.4. The number of aromatic carboxylic acids is 1. The first-order valence-corrected chi connectivity index (χ1v) is 16.7. The number of aromatic nitrogens is 4. The first-order chi connectivity index (χ1) is 22.1. The molecule has 5 rings (SSSR count). The fourth-order valence-electron chi connectivity index (χ4n) is 4.77. The van der Waals surface area contributed by atoms with E-state index >= 15 is 0 Å². The molecule has 3 amide bonds. The maximum Gasteiger partial charge on any atom is 0.341 e. The average Bonchev–Trinajstić information content (AvgIpc) is 3.65. The number of hydrogen-bond donors (Lipinski definition) is 6.